The molecule has 0 bridgehead atoms. The first-order chi connectivity index (χ1) is 16.4. The summed E-state index contributed by atoms with van der Waals surface area (Å²) in [6.07, 6.45) is 0. The number of anilines is 2. The fraction of sp³-hybridized carbons (Fsp3) is 0.130. The Morgan fingerprint density at radius 2 is 1.68 bits per heavy atom. The van der Waals surface area contributed by atoms with Crippen molar-refractivity contribution in [2.24, 2.45) is 0 Å². The summed E-state index contributed by atoms with van der Waals surface area (Å²) in [4.78, 5) is 17.2. The quantitative estimate of drug-likeness (QED) is 0.411. The van der Waals surface area contributed by atoms with Crippen molar-refractivity contribution in [3.8, 4) is 17.2 Å². The molecule has 0 radical (unpaired) electrons. The average molecular weight is 498 g/mol. The zero-order chi connectivity index (χ0) is 23.7. The first-order valence-electron chi connectivity index (χ1n) is 10.2. The minimum atomic E-state index is -3.82. The van der Waals surface area contributed by atoms with Crippen LogP contribution in [-0.2, 0) is 10.0 Å². The second kappa shape index (κ2) is 8.84. The van der Waals surface area contributed by atoms with E-state index in [0.717, 1.165) is 4.70 Å². The van der Waals surface area contributed by atoms with Crippen molar-refractivity contribution < 1.29 is 27.4 Å². The zero-order valence-corrected chi connectivity index (χ0v) is 19.5. The van der Waals surface area contributed by atoms with E-state index in [0.29, 0.717) is 52.4 Å². The van der Waals surface area contributed by atoms with Gasteiger partial charge in [0.2, 0.25) is 0 Å². The van der Waals surface area contributed by atoms with Crippen LogP contribution >= 0.6 is 11.3 Å². The maximum atomic E-state index is 12.7. The molecule has 11 heteroatoms. The lowest BCUT2D eigenvalue weighted by Gasteiger charge is -2.17. The highest BCUT2D eigenvalue weighted by Gasteiger charge is 2.18. The number of methoxy groups -OCH3 is 1. The zero-order valence-electron chi connectivity index (χ0n) is 17.9. The molecule has 2 N–H and O–H groups in total. The number of aromatic nitrogens is 1. The van der Waals surface area contributed by atoms with E-state index in [1.807, 2.05) is 6.07 Å². The predicted molar refractivity (Wildman–Crippen MR) is 129 cm³/mol. The molecule has 0 fully saturated rings. The van der Waals surface area contributed by atoms with E-state index in [1.165, 1.54) is 42.7 Å². The molecule has 1 aliphatic rings. The second-order valence-electron chi connectivity index (χ2n) is 7.30. The van der Waals surface area contributed by atoms with Crippen molar-refractivity contribution >= 4 is 48.3 Å². The Morgan fingerprint density at radius 1 is 1.00 bits per heavy atom. The largest absolute Gasteiger partial charge is 0.497 e. The fourth-order valence-electron chi connectivity index (χ4n) is 3.35. The highest BCUT2D eigenvalue weighted by molar-refractivity contribution is 7.92. The third-order valence-corrected chi connectivity index (χ3v) is 7.37. The van der Waals surface area contributed by atoms with Gasteiger partial charge in [0.15, 0.2) is 16.6 Å². The Hall–Kier alpha value is -3.83. The molecule has 174 valence electrons. The number of carbonyl (C=O) groups excluding carboxylic acids is 1. The number of sulfonamides is 1. The maximum absolute atomic E-state index is 12.7. The fourth-order valence-corrected chi connectivity index (χ4v) is 5.28. The van der Waals surface area contributed by atoms with Crippen LogP contribution in [0.2, 0.25) is 0 Å². The normalized spacial score (nSPS) is 12.9. The molecular formula is C23H19N3O6S2. The van der Waals surface area contributed by atoms with E-state index in [4.69, 9.17) is 14.2 Å². The summed E-state index contributed by atoms with van der Waals surface area (Å²) in [6.45, 7) is 0.968. The number of hydrogen-bond acceptors (Lipinski definition) is 8. The van der Waals surface area contributed by atoms with E-state index in [-0.39, 0.29) is 4.90 Å². The van der Waals surface area contributed by atoms with E-state index in [1.54, 1.807) is 30.3 Å². The summed E-state index contributed by atoms with van der Waals surface area (Å²) in [6, 6.07) is 15.8. The molecule has 1 aromatic heterocycles. The van der Waals surface area contributed by atoms with Crippen molar-refractivity contribution in [3.05, 3.63) is 66.2 Å². The van der Waals surface area contributed by atoms with Crippen LogP contribution < -0.4 is 24.2 Å². The van der Waals surface area contributed by atoms with Crippen molar-refractivity contribution in [2.45, 2.75) is 4.90 Å². The van der Waals surface area contributed by atoms with Crippen LogP contribution in [0.4, 0.5) is 10.8 Å². The van der Waals surface area contributed by atoms with Crippen molar-refractivity contribution in [1.29, 1.82) is 0 Å². The number of benzene rings is 3. The molecule has 5 rings (SSSR count). The van der Waals surface area contributed by atoms with Gasteiger partial charge in [0.1, 0.15) is 19.0 Å². The van der Waals surface area contributed by atoms with E-state index < -0.39 is 15.9 Å². The number of rotatable bonds is 6. The Labute approximate surface area is 199 Å². The first-order valence-corrected chi connectivity index (χ1v) is 12.5. The molecule has 3 aromatic carbocycles. The molecule has 1 amide bonds. The summed E-state index contributed by atoms with van der Waals surface area (Å²) in [5, 5.41) is 3.17. The SMILES string of the molecule is COc1ccc(NS(=O)(=O)c2ccc(C(=O)Nc3nc4cc5c(cc4s3)OCCO5)cc2)cc1. The number of carbonyl (C=O) groups is 1. The van der Waals surface area contributed by atoms with Gasteiger partial charge in [0.05, 0.1) is 22.2 Å². The lowest BCUT2D eigenvalue weighted by atomic mass is 10.2. The lowest BCUT2D eigenvalue weighted by Crippen LogP contribution is -2.15. The molecule has 9 nitrogen and oxygen atoms in total. The van der Waals surface area contributed by atoms with Crippen LogP contribution in [0.25, 0.3) is 10.2 Å². The van der Waals surface area contributed by atoms with Crippen LogP contribution in [0.15, 0.2) is 65.6 Å². The van der Waals surface area contributed by atoms with Gasteiger partial charge in [-0.3, -0.25) is 14.8 Å². The van der Waals surface area contributed by atoms with Crippen LogP contribution in [0.5, 0.6) is 17.2 Å². The molecular weight excluding hydrogens is 478 g/mol. The van der Waals surface area contributed by atoms with Crippen LogP contribution in [-0.4, -0.2) is 39.6 Å². The van der Waals surface area contributed by atoms with E-state index in [2.05, 4.69) is 15.0 Å². The summed E-state index contributed by atoms with van der Waals surface area (Å²) >= 11 is 1.31. The van der Waals surface area contributed by atoms with Gasteiger partial charge >= 0.3 is 0 Å². The molecule has 0 saturated carbocycles. The Balaban J connectivity index is 1.29. The third kappa shape index (κ3) is 4.47. The standard InChI is InChI=1S/C23H19N3O6S2/c1-30-16-6-4-15(5-7-16)26-34(28,29)17-8-2-14(3-9-17)22(27)25-23-24-18-12-19-20(13-21(18)33-23)32-11-10-31-19/h2-9,12-13,26H,10-11H2,1H3,(H,24,25,27). The summed E-state index contributed by atoms with van der Waals surface area (Å²) in [5.41, 5.74) is 1.39. The monoisotopic (exact) mass is 497 g/mol. The summed E-state index contributed by atoms with van der Waals surface area (Å²) in [5.74, 6) is 1.50. The van der Waals surface area contributed by atoms with Crippen molar-refractivity contribution in [3.63, 3.8) is 0 Å². The van der Waals surface area contributed by atoms with Crippen molar-refractivity contribution in [2.75, 3.05) is 30.4 Å². The molecule has 0 saturated heterocycles. The molecule has 1 aliphatic heterocycles. The van der Waals surface area contributed by atoms with Crippen LogP contribution in [0.1, 0.15) is 10.4 Å². The lowest BCUT2D eigenvalue weighted by molar-refractivity contribution is 0.102. The number of thiazole rings is 1. The number of nitrogens with one attached hydrogen (secondary N) is 2. The van der Waals surface area contributed by atoms with Gasteiger partial charge in [-0.05, 0) is 48.5 Å². The van der Waals surface area contributed by atoms with Crippen LogP contribution in [0, 0.1) is 0 Å². The highest BCUT2D eigenvalue weighted by atomic mass is 32.2. The van der Waals surface area contributed by atoms with Gasteiger partial charge < -0.3 is 14.2 Å². The average Bonchev–Trinajstić information content (AvgIpc) is 3.23. The molecule has 0 aliphatic carbocycles. The molecule has 0 atom stereocenters. The van der Waals surface area contributed by atoms with E-state index >= 15 is 0 Å². The molecule has 2 heterocycles. The minimum absolute atomic E-state index is 0.0328. The number of hydrogen-bond donors (Lipinski definition) is 2. The molecule has 0 unspecified atom stereocenters. The first kappa shape index (κ1) is 22.0. The number of nitrogens with zero attached hydrogens (tertiary/aromatic N) is 1. The highest BCUT2D eigenvalue weighted by Crippen LogP contribution is 2.38. The number of amides is 1. The van der Waals surface area contributed by atoms with E-state index in [9.17, 15) is 13.2 Å². The topological polar surface area (TPSA) is 116 Å². The van der Waals surface area contributed by atoms with Gasteiger partial charge in [-0.2, -0.15) is 0 Å². The predicted octanol–water partition coefficient (Wildman–Crippen LogP) is 4.13. The molecule has 34 heavy (non-hydrogen) atoms. The Morgan fingerprint density at radius 3 is 2.35 bits per heavy atom. The Bertz CT molecular complexity index is 1420. The molecule has 4 aromatic rings. The van der Waals surface area contributed by atoms with Gasteiger partial charge in [0, 0.05) is 23.4 Å². The maximum Gasteiger partial charge on any atom is 0.261 e. The van der Waals surface area contributed by atoms with Crippen molar-refractivity contribution in [1.82, 2.24) is 4.98 Å². The third-order valence-electron chi connectivity index (χ3n) is 5.04. The van der Waals surface area contributed by atoms with Gasteiger partial charge in [-0.1, -0.05) is 11.3 Å². The van der Waals surface area contributed by atoms with Gasteiger partial charge in [-0.15, -0.1) is 0 Å². The second-order valence-corrected chi connectivity index (χ2v) is 10.0. The molecule has 0 spiro atoms. The van der Waals surface area contributed by atoms with Gasteiger partial charge in [0.25, 0.3) is 15.9 Å². The minimum Gasteiger partial charge on any atom is -0.497 e. The summed E-state index contributed by atoms with van der Waals surface area (Å²) in [7, 11) is -2.28. The smallest absolute Gasteiger partial charge is 0.261 e. The van der Waals surface area contributed by atoms with Crippen LogP contribution in [0.3, 0.4) is 0 Å². The Kier molecular flexibility index (Phi) is 5.72. The van der Waals surface area contributed by atoms with Gasteiger partial charge in [-0.25, -0.2) is 13.4 Å². The number of ether oxygens (including phenoxy) is 3. The summed E-state index contributed by atoms with van der Waals surface area (Å²) < 4.78 is 44.9. The number of fused-ring (bicyclic) bond motifs is 2.